The first-order chi connectivity index (χ1) is 5.04. The summed E-state index contributed by atoms with van der Waals surface area (Å²) in [7, 11) is 0. The summed E-state index contributed by atoms with van der Waals surface area (Å²) in [6.07, 6.45) is 6.14. The molecule has 0 radical (unpaired) electrons. The Morgan fingerprint density at radius 2 is 1.73 bits per heavy atom. The van der Waals surface area contributed by atoms with Crippen molar-refractivity contribution in [1.82, 2.24) is 0 Å². The molecule has 1 nitrogen and oxygen atoms in total. The van der Waals surface area contributed by atoms with Gasteiger partial charge in [0.2, 0.25) is 0 Å². The molecule has 0 aromatic heterocycles. The van der Waals surface area contributed by atoms with Gasteiger partial charge in [0.15, 0.2) is 0 Å². The van der Waals surface area contributed by atoms with Crippen molar-refractivity contribution in [3.05, 3.63) is 23.9 Å². The number of nitrogens with two attached hydrogens (primary N) is 1. The average Bonchev–Trinajstić information content (AvgIpc) is 1.86. The zero-order valence-corrected chi connectivity index (χ0v) is 7.96. The van der Waals surface area contributed by atoms with Crippen molar-refractivity contribution in [3.8, 4) is 0 Å². The quantitative estimate of drug-likeness (QED) is 0.620. The molecule has 0 rings (SSSR count). The molecule has 11 heavy (non-hydrogen) atoms. The molecule has 0 bridgehead atoms. The molecule has 0 unspecified atom stereocenters. The second-order valence-corrected chi connectivity index (χ2v) is 3.45. The molecule has 0 aliphatic rings. The lowest BCUT2D eigenvalue weighted by Crippen LogP contribution is -2.03. The van der Waals surface area contributed by atoms with Gasteiger partial charge in [-0.1, -0.05) is 39.8 Å². The molecule has 0 atom stereocenters. The molecule has 0 saturated carbocycles. The maximum atomic E-state index is 5.71. The van der Waals surface area contributed by atoms with Crippen LogP contribution in [0.2, 0.25) is 0 Å². The van der Waals surface area contributed by atoms with E-state index in [4.69, 9.17) is 5.73 Å². The highest BCUT2D eigenvalue weighted by atomic mass is 14.6. The van der Waals surface area contributed by atoms with E-state index in [0.29, 0.717) is 11.8 Å². The zero-order valence-electron chi connectivity index (χ0n) is 7.96. The third-order valence-corrected chi connectivity index (χ3v) is 1.45. The topological polar surface area (TPSA) is 26.0 Å². The summed E-state index contributed by atoms with van der Waals surface area (Å²) >= 11 is 0. The molecule has 1 heteroatoms. The second kappa shape index (κ2) is 5.00. The van der Waals surface area contributed by atoms with Crippen LogP contribution in [0.5, 0.6) is 0 Å². The molecule has 0 fully saturated rings. The Kier molecular flexibility index (Phi) is 4.67. The lowest BCUT2D eigenvalue weighted by Gasteiger charge is -2.02. The third-order valence-electron chi connectivity index (χ3n) is 1.45. The summed E-state index contributed by atoms with van der Waals surface area (Å²) in [5.74, 6) is 1.05. The molecule has 0 aliphatic heterocycles. The summed E-state index contributed by atoms with van der Waals surface area (Å²) in [4.78, 5) is 0. The van der Waals surface area contributed by atoms with Crippen LogP contribution in [-0.2, 0) is 0 Å². The van der Waals surface area contributed by atoms with E-state index in [0.717, 1.165) is 5.70 Å². The van der Waals surface area contributed by atoms with Crippen LogP contribution in [0.15, 0.2) is 23.9 Å². The van der Waals surface area contributed by atoms with Gasteiger partial charge in [-0.3, -0.25) is 0 Å². The fraction of sp³-hybridized carbons (Fsp3) is 0.600. The molecular weight excluding hydrogens is 134 g/mol. The molecule has 64 valence electrons. The first kappa shape index (κ1) is 10.3. The maximum Gasteiger partial charge on any atom is 0.0106 e. The summed E-state index contributed by atoms with van der Waals surface area (Å²) < 4.78 is 0. The van der Waals surface area contributed by atoms with E-state index in [9.17, 15) is 0 Å². The number of rotatable bonds is 3. The fourth-order valence-corrected chi connectivity index (χ4v) is 0.581. The highest BCUT2D eigenvalue weighted by Crippen LogP contribution is 2.02. The third kappa shape index (κ3) is 5.71. The molecule has 0 aliphatic carbocycles. The van der Waals surface area contributed by atoms with E-state index < -0.39 is 0 Å². The van der Waals surface area contributed by atoms with Gasteiger partial charge in [-0.25, -0.2) is 0 Å². The van der Waals surface area contributed by atoms with E-state index in [1.165, 1.54) is 0 Å². The SMILES string of the molecule is CC(C)/C=C\C=C(\N)C(C)C. The minimum absolute atomic E-state index is 0.451. The van der Waals surface area contributed by atoms with Gasteiger partial charge in [0.05, 0.1) is 0 Å². The lowest BCUT2D eigenvalue weighted by atomic mass is 10.1. The van der Waals surface area contributed by atoms with Crippen LogP contribution in [0.1, 0.15) is 27.7 Å². The second-order valence-electron chi connectivity index (χ2n) is 3.45. The number of hydrogen-bond acceptors (Lipinski definition) is 1. The Labute approximate surface area is 70.0 Å². The van der Waals surface area contributed by atoms with E-state index in [2.05, 4.69) is 33.8 Å². The molecule has 0 heterocycles. The zero-order chi connectivity index (χ0) is 8.85. The van der Waals surface area contributed by atoms with Gasteiger partial charge in [0.1, 0.15) is 0 Å². The molecular formula is C10H19N. The van der Waals surface area contributed by atoms with Crippen molar-refractivity contribution in [2.24, 2.45) is 17.6 Å². The van der Waals surface area contributed by atoms with Crippen molar-refractivity contribution in [2.45, 2.75) is 27.7 Å². The Morgan fingerprint density at radius 3 is 2.09 bits per heavy atom. The van der Waals surface area contributed by atoms with Crippen LogP contribution >= 0.6 is 0 Å². The van der Waals surface area contributed by atoms with Gasteiger partial charge in [-0.15, -0.1) is 0 Å². The molecule has 2 N–H and O–H groups in total. The predicted octanol–water partition coefficient (Wildman–Crippen LogP) is 2.70. The predicted molar refractivity (Wildman–Crippen MR) is 51.1 cm³/mol. The van der Waals surface area contributed by atoms with Crippen LogP contribution in [0.4, 0.5) is 0 Å². The van der Waals surface area contributed by atoms with E-state index in [1.807, 2.05) is 12.2 Å². The van der Waals surface area contributed by atoms with E-state index >= 15 is 0 Å². The van der Waals surface area contributed by atoms with Gasteiger partial charge >= 0.3 is 0 Å². The standard InChI is InChI=1S/C10H19N/c1-8(2)6-5-7-10(11)9(3)4/h5-9H,11H2,1-4H3/b6-5-,10-7+. The van der Waals surface area contributed by atoms with Crippen LogP contribution in [0.3, 0.4) is 0 Å². The lowest BCUT2D eigenvalue weighted by molar-refractivity contribution is 0.756. The first-order valence-electron chi connectivity index (χ1n) is 4.18. The monoisotopic (exact) mass is 153 g/mol. The summed E-state index contributed by atoms with van der Waals surface area (Å²) in [5, 5.41) is 0. The molecule has 0 aromatic carbocycles. The summed E-state index contributed by atoms with van der Waals surface area (Å²) in [6.45, 7) is 8.48. The minimum Gasteiger partial charge on any atom is -0.402 e. The Hall–Kier alpha value is -0.720. The molecule has 0 spiro atoms. The van der Waals surface area contributed by atoms with Gasteiger partial charge in [0, 0.05) is 5.70 Å². The largest absolute Gasteiger partial charge is 0.402 e. The highest BCUT2D eigenvalue weighted by molar-refractivity contribution is 5.11. The Bertz CT molecular complexity index is 152. The van der Waals surface area contributed by atoms with Crippen LogP contribution in [-0.4, -0.2) is 0 Å². The Morgan fingerprint density at radius 1 is 1.18 bits per heavy atom. The normalized spacial score (nSPS) is 13.8. The van der Waals surface area contributed by atoms with E-state index in [1.54, 1.807) is 0 Å². The average molecular weight is 153 g/mol. The van der Waals surface area contributed by atoms with Crippen molar-refractivity contribution in [2.75, 3.05) is 0 Å². The van der Waals surface area contributed by atoms with E-state index in [-0.39, 0.29) is 0 Å². The first-order valence-corrected chi connectivity index (χ1v) is 4.18. The maximum absolute atomic E-state index is 5.71. The summed E-state index contributed by atoms with van der Waals surface area (Å²) in [5.41, 5.74) is 6.66. The number of hydrogen-bond donors (Lipinski definition) is 1. The highest BCUT2D eigenvalue weighted by Gasteiger charge is 1.93. The van der Waals surface area contributed by atoms with Gasteiger partial charge < -0.3 is 5.73 Å². The minimum atomic E-state index is 0.451. The smallest absolute Gasteiger partial charge is 0.0106 e. The molecule has 0 saturated heterocycles. The van der Waals surface area contributed by atoms with Crippen LogP contribution < -0.4 is 5.73 Å². The number of allylic oxidation sites excluding steroid dienone is 4. The van der Waals surface area contributed by atoms with Crippen molar-refractivity contribution >= 4 is 0 Å². The molecule has 0 amide bonds. The Balaban J connectivity index is 3.91. The van der Waals surface area contributed by atoms with Gasteiger partial charge in [-0.05, 0) is 17.9 Å². The fourth-order valence-electron chi connectivity index (χ4n) is 0.581. The van der Waals surface area contributed by atoms with Crippen molar-refractivity contribution in [3.63, 3.8) is 0 Å². The van der Waals surface area contributed by atoms with Gasteiger partial charge in [-0.2, -0.15) is 0 Å². The van der Waals surface area contributed by atoms with Crippen LogP contribution in [0.25, 0.3) is 0 Å². The summed E-state index contributed by atoms with van der Waals surface area (Å²) in [6, 6.07) is 0. The molecule has 0 aromatic rings. The van der Waals surface area contributed by atoms with Crippen molar-refractivity contribution in [1.29, 1.82) is 0 Å². The van der Waals surface area contributed by atoms with Crippen LogP contribution in [0, 0.1) is 11.8 Å². The van der Waals surface area contributed by atoms with Gasteiger partial charge in [0.25, 0.3) is 0 Å². The van der Waals surface area contributed by atoms with Crippen molar-refractivity contribution < 1.29 is 0 Å².